The maximum atomic E-state index is 13.5. The molecule has 4 nitrogen and oxygen atoms in total. The maximum absolute atomic E-state index is 13.5. The monoisotopic (exact) mass is 355 g/mol. The minimum atomic E-state index is -0.173. The van der Waals surface area contributed by atoms with Gasteiger partial charge < -0.3 is 4.98 Å². The third-order valence-corrected chi connectivity index (χ3v) is 5.79. The number of aromatic nitrogens is 2. The number of benzene rings is 1. The van der Waals surface area contributed by atoms with E-state index in [1.165, 1.54) is 25.3 Å². The Morgan fingerprint density at radius 2 is 2.08 bits per heavy atom. The maximum Gasteiger partial charge on any atom is 0.255 e. The number of nitrogens with zero attached hydrogens (tertiary/aromatic N) is 2. The molecule has 2 aliphatic rings. The topological polar surface area (TPSA) is 49.0 Å². The van der Waals surface area contributed by atoms with Gasteiger partial charge in [0.25, 0.3) is 5.56 Å². The first kappa shape index (κ1) is 17.4. The molecule has 0 atom stereocenters. The van der Waals surface area contributed by atoms with Crippen LogP contribution < -0.4 is 5.56 Å². The molecule has 2 aromatic rings. The Bertz CT molecular complexity index is 855. The molecule has 1 fully saturated rings. The molecular weight excluding hydrogens is 329 g/mol. The minimum Gasteiger partial charge on any atom is -0.310 e. The van der Waals surface area contributed by atoms with Gasteiger partial charge in [0.05, 0.1) is 11.3 Å². The highest BCUT2D eigenvalue weighted by Gasteiger charge is 2.24. The molecule has 5 heteroatoms. The van der Waals surface area contributed by atoms with Crippen LogP contribution in [0.4, 0.5) is 4.39 Å². The number of hydrogen-bond donors (Lipinski definition) is 1. The molecule has 1 saturated carbocycles. The molecule has 2 heterocycles. The van der Waals surface area contributed by atoms with E-state index in [1.807, 2.05) is 12.1 Å². The van der Waals surface area contributed by atoms with E-state index in [4.69, 9.17) is 4.98 Å². The van der Waals surface area contributed by atoms with Gasteiger partial charge in [0.15, 0.2) is 0 Å². The van der Waals surface area contributed by atoms with Gasteiger partial charge in [-0.3, -0.25) is 9.69 Å². The number of aryl methyl sites for hydroxylation is 1. The van der Waals surface area contributed by atoms with E-state index < -0.39 is 0 Å². The van der Waals surface area contributed by atoms with E-state index >= 15 is 0 Å². The van der Waals surface area contributed by atoms with E-state index in [0.29, 0.717) is 18.0 Å². The molecule has 0 bridgehead atoms. The van der Waals surface area contributed by atoms with Crippen molar-refractivity contribution in [3.8, 4) is 0 Å². The van der Waals surface area contributed by atoms with Gasteiger partial charge in [0.1, 0.15) is 11.6 Å². The molecule has 0 amide bonds. The molecule has 0 unspecified atom stereocenters. The molecule has 138 valence electrons. The normalized spacial score (nSPS) is 18.7. The fraction of sp³-hybridized carbons (Fsp3) is 0.524. The molecule has 0 radical (unpaired) electrons. The molecule has 1 N–H and O–H groups in total. The van der Waals surface area contributed by atoms with Crippen LogP contribution in [0.3, 0.4) is 0 Å². The first-order chi connectivity index (χ1) is 12.6. The lowest BCUT2D eigenvalue weighted by Gasteiger charge is -2.29. The van der Waals surface area contributed by atoms with Crippen molar-refractivity contribution in [1.29, 1.82) is 0 Å². The summed E-state index contributed by atoms with van der Waals surface area (Å²) in [6.45, 7) is 4.00. The zero-order valence-corrected chi connectivity index (χ0v) is 15.4. The fourth-order valence-corrected chi connectivity index (χ4v) is 4.27. The molecule has 26 heavy (non-hydrogen) atoms. The number of halogens is 1. The molecular formula is C21H26FN3O. The zero-order valence-electron chi connectivity index (χ0n) is 15.4. The van der Waals surface area contributed by atoms with Crippen molar-refractivity contribution >= 4 is 0 Å². The molecule has 1 aromatic carbocycles. The van der Waals surface area contributed by atoms with Crippen LogP contribution in [0.1, 0.15) is 66.2 Å². The van der Waals surface area contributed by atoms with Crippen molar-refractivity contribution in [2.75, 3.05) is 6.54 Å². The van der Waals surface area contributed by atoms with Gasteiger partial charge in [0.2, 0.25) is 0 Å². The number of nitrogens with one attached hydrogen (secondary N) is 1. The Balaban J connectivity index is 1.51. The molecule has 1 aromatic heterocycles. The van der Waals surface area contributed by atoms with Crippen LogP contribution in [0.5, 0.6) is 0 Å². The average molecular weight is 355 g/mol. The summed E-state index contributed by atoms with van der Waals surface area (Å²) in [7, 11) is 0. The zero-order chi connectivity index (χ0) is 18.1. The quantitative estimate of drug-likeness (QED) is 0.910. The van der Waals surface area contributed by atoms with Crippen LogP contribution in [-0.4, -0.2) is 21.4 Å². The summed E-state index contributed by atoms with van der Waals surface area (Å²) in [5, 5.41) is 0. The Labute approximate surface area is 153 Å². The van der Waals surface area contributed by atoms with Crippen molar-refractivity contribution in [3.05, 3.63) is 62.6 Å². The fourth-order valence-electron chi connectivity index (χ4n) is 4.27. The molecule has 1 aliphatic carbocycles. The van der Waals surface area contributed by atoms with Crippen molar-refractivity contribution in [3.63, 3.8) is 0 Å². The molecule has 4 rings (SSSR count). The highest BCUT2D eigenvalue weighted by molar-refractivity contribution is 5.25. The lowest BCUT2D eigenvalue weighted by Crippen LogP contribution is -2.36. The first-order valence-electron chi connectivity index (χ1n) is 9.69. The second kappa shape index (κ2) is 7.31. The second-order valence-corrected chi connectivity index (χ2v) is 7.76. The standard InChI is InChI=1S/C21H26FN3O/c1-14-11-15(7-8-18(14)22)12-25-10-9-19-17(13-25)21(26)24-20(23-19)16-5-3-2-4-6-16/h7-8,11,16H,2-6,9-10,12-13H2,1H3,(H,23,24,26). The second-order valence-electron chi connectivity index (χ2n) is 7.76. The van der Waals surface area contributed by atoms with Gasteiger partial charge in [-0.05, 0) is 37.0 Å². The van der Waals surface area contributed by atoms with E-state index in [0.717, 1.165) is 55.0 Å². The van der Waals surface area contributed by atoms with E-state index in [2.05, 4.69) is 9.88 Å². The van der Waals surface area contributed by atoms with E-state index in [-0.39, 0.29) is 11.4 Å². The van der Waals surface area contributed by atoms with Gasteiger partial charge in [-0.15, -0.1) is 0 Å². The van der Waals surface area contributed by atoms with Crippen LogP contribution in [-0.2, 0) is 19.5 Å². The van der Waals surface area contributed by atoms with Crippen molar-refractivity contribution in [2.24, 2.45) is 0 Å². The lowest BCUT2D eigenvalue weighted by atomic mass is 9.88. The van der Waals surface area contributed by atoms with Crippen LogP contribution in [0.25, 0.3) is 0 Å². The average Bonchev–Trinajstić information content (AvgIpc) is 2.66. The van der Waals surface area contributed by atoms with Crippen molar-refractivity contribution in [1.82, 2.24) is 14.9 Å². The smallest absolute Gasteiger partial charge is 0.255 e. The summed E-state index contributed by atoms with van der Waals surface area (Å²) in [4.78, 5) is 22.8. The highest BCUT2D eigenvalue weighted by Crippen LogP contribution is 2.30. The van der Waals surface area contributed by atoms with Crippen LogP contribution >= 0.6 is 0 Å². The third-order valence-electron chi connectivity index (χ3n) is 5.79. The SMILES string of the molecule is Cc1cc(CN2CCc3nc(C4CCCCC4)[nH]c(=O)c3C2)ccc1F. The summed E-state index contributed by atoms with van der Waals surface area (Å²) in [6, 6.07) is 5.24. The Kier molecular flexibility index (Phi) is 4.90. The van der Waals surface area contributed by atoms with Crippen LogP contribution in [0, 0.1) is 12.7 Å². The first-order valence-corrected chi connectivity index (χ1v) is 9.69. The Morgan fingerprint density at radius 1 is 1.27 bits per heavy atom. The van der Waals surface area contributed by atoms with E-state index in [1.54, 1.807) is 6.92 Å². The predicted octanol–water partition coefficient (Wildman–Crippen LogP) is 3.82. The predicted molar refractivity (Wildman–Crippen MR) is 99.6 cm³/mol. The Morgan fingerprint density at radius 3 is 2.85 bits per heavy atom. The number of aromatic amines is 1. The van der Waals surface area contributed by atoms with Gasteiger partial charge >= 0.3 is 0 Å². The lowest BCUT2D eigenvalue weighted by molar-refractivity contribution is 0.241. The summed E-state index contributed by atoms with van der Waals surface area (Å²) >= 11 is 0. The van der Waals surface area contributed by atoms with Crippen molar-refractivity contribution < 1.29 is 4.39 Å². The molecule has 0 saturated heterocycles. The molecule has 0 spiro atoms. The van der Waals surface area contributed by atoms with Crippen LogP contribution in [0.15, 0.2) is 23.0 Å². The summed E-state index contributed by atoms with van der Waals surface area (Å²) in [5.41, 5.74) is 3.54. The number of H-pyrrole nitrogens is 1. The largest absolute Gasteiger partial charge is 0.310 e. The third kappa shape index (κ3) is 3.58. The van der Waals surface area contributed by atoms with Gasteiger partial charge in [0, 0.05) is 32.0 Å². The summed E-state index contributed by atoms with van der Waals surface area (Å²) < 4.78 is 13.5. The van der Waals surface area contributed by atoms with Crippen LogP contribution in [0.2, 0.25) is 0 Å². The summed E-state index contributed by atoms with van der Waals surface area (Å²) in [5.74, 6) is 1.15. The number of fused-ring (bicyclic) bond motifs is 1. The minimum absolute atomic E-state index is 0.0237. The number of rotatable bonds is 3. The summed E-state index contributed by atoms with van der Waals surface area (Å²) in [6.07, 6.45) is 6.84. The number of hydrogen-bond acceptors (Lipinski definition) is 3. The highest BCUT2D eigenvalue weighted by atomic mass is 19.1. The van der Waals surface area contributed by atoms with Gasteiger partial charge in [-0.1, -0.05) is 31.4 Å². The Hall–Kier alpha value is -2.01. The van der Waals surface area contributed by atoms with Gasteiger partial charge in [-0.2, -0.15) is 0 Å². The molecule has 1 aliphatic heterocycles. The van der Waals surface area contributed by atoms with Crippen molar-refractivity contribution in [2.45, 2.75) is 64.5 Å². The van der Waals surface area contributed by atoms with E-state index in [9.17, 15) is 9.18 Å². The van der Waals surface area contributed by atoms with Gasteiger partial charge in [-0.25, -0.2) is 9.37 Å².